The van der Waals surface area contributed by atoms with Gasteiger partial charge in [0.05, 0.1) is 19.0 Å². The monoisotopic (exact) mass is 548 g/mol. The van der Waals surface area contributed by atoms with Crippen molar-refractivity contribution in [2.45, 2.75) is 51.4 Å². The first-order valence-corrected chi connectivity index (χ1v) is 14.2. The fourth-order valence-corrected chi connectivity index (χ4v) is 5.32. The number of ether oxygens (including phenoxy) is 1. The van der Waals surface area contributed by atoms with Crippen LogP contribution in [0.2, 0.25) is 0 Å². The molecule has 1 fully saturated rings. The van der Waals surface area contributed by atoms with Gasteiger partial charge in [-0.25, -0.2) is 9.97 Å². The van der Waals surface area contributed by atoms with E-state index in [-0.39, 0.29) is 24.1 Å². The molecule has 1 aliphatic heterocycles. The summed E-state index contributed by atoms with van der Waals surface area (Å²) >= 11 is 1.28. The van der Waals surface area contributed by atoms with Crippen molar-refractivity contribution in [2.24, 2.45) is 0 Å². The van der Waals surface area contributed by atoms with Crippen LogP contribution in [-0.4, -0.2) is 69.3 Å². The quantitative estimate of drug-likeness (QED) is 0.296. The normalized spacial score (nSPS) is 14.9. The van der Waals surface area contributed by atoms with Crippen molar-refractivity contribution in [3.63, 3.8) is 0 Å². The topological polar surface area (TPSA) is 101 Å². The van der Waals surface area contributed by atoms with E-state index in [1.165, 1.54) is 11.8 Å². The molecule has 1 atom stereocenters. The first-order valence-electron chi connectivity index (χ1n) is 13.2. The van der Waals surface area contributed by atoms with Gasteiger partial charge in [0.1, 0.15) is 5.54 Å². The zero-order valence-corrected chi connectivity index (χ0v) is 23.8. The second kappa shape index (κ2) is 13.0. The van der Waals surface area contributed by atoms with Crippen LogP contribution in [0, 0.1) is 13.8 Å². The zero-order chi connectivity index (χ0) is 27.8. The number of aryl methyl sites for hydroxylation is 2. The number of hydrogen-bond donors (Lipinski definition) is 1. The zero-order valence-electron chi connectivity index (χ0n) is 23.0. The smallest absolute Gasteiger partial charge is 0.250 e. The Bertz CT molecular complexity index is 1250. The van der Waals surface area contributed by atoms with Crippen LogP contribution in [0.15, 0.2) is 60.0 Å². The van der Waals surface area contributed by atoms with E-state index in [0.717, 1.165) is 35.7 Å². The number of nitrogens with one attached hydrogen (secondary N) is 1. The Hall–Kier alpha value is -3.50. The Morgan fingerprint density at radius 1 is 1.10 bits per heavy atom. The maximum Gasteiger partial charge on any atom is 0.250 e. The van der Waals surface area contributed by atoms with E-state index in [2.05, 4.69) is 25.2 Å². The molecule has 0 saturated carbocycles. The molecule has 1 aliphatic rings. The van der Waals surface area contributed by atoms with Crippen molar-refractivity contribution >= 4 is 35.0 Å². The molecule has 0 spiro atoms. The van der Waals surface area contributed by atoms with Gasteiger partial charge in [-0.2, -0.15) is 0 Å². The Kier molecular flexibility index (Phi) is 9.53. The fraction of sp³-hybridized carbons (Fsp3) is 0.414. The number of hydrogen-bond acceptors (Lipinski definition) is 8. The van der Waals surface area contributed by atoms with E-state index in [4.69, 9.17) is 4.74 Å². The van der Waals surface area contributed by atoms with Gasteiger partial charge in [-0.15, -0.1) is 0 Å². The van der Waals surface area contributed by atoms with Crippen LogP contribution < -0.4 is 10.2 Å². The number of anilines is 2. The summed E-state index contributed by atoms with van der Waals surface area (Å²) in [6.45, 7) is 10.9. The molecule has 1 N–H and O–H groups in total. The van der Waals surface area contributed by atoms with Crippen LogP contribution in [0.3, 0.4) is 0 Å². The molecule has 4 rings (SSSR count). The van der Waals surface area contributed by atoms with Gasteiger partial charge >= 0.3 is 0 Å². The summed E-state index contributed by atoms with van der Waals surface area (Å²) in [6, 6.07) is 13.4. The lowest BCUT2D eigenvalue weighted by atomic mass is 9.93. The summed E-state index contributed by atoms with van der Waals surface area (Å²) in [5.41, 5.74) is 3.22. The van der Waals surface area contributed by atoms with Gasteiger partial charge in [0, 0.05) is 54.8 Å². The number of carbonyl (C=O) groups is 2. The molecule has 10 heteroatoms. The third kappa shape index (κ3) is 7.33. The summed E-state index contributed by atoms with van der Waals surface area (Å²) < 4.78 is 5.44. The van der Waals surface area contributed by atoms with Crippen molar-refractivity contribution in [3.05, 3.63) is 71.8 Å². The number of rotatable bonds is 10. The summed E-state index contributed by atoms with van der Waals surface area (Å²) in [5, 5.41) is 3.60. The molecule has 39 heavy (non-hydrogen) atoms. The number of amides is 2. The summed E-state index contributed by atoms with van der Waals surface area (Å²) in [5.74, 6) is -0.303. The predicted molar refractivity (Wildman–Crippen MR) is 154 cm³/mol. The molecular weight excluding hydrogens is 512 g/mol. The number of aromatic nitrogens is 3. The van der Waals surface area contributed by atoms with Crippen LogP contribution in [0.5, 0.6) is 0 Å². The fourth-order valence-electron chi connectivity index (χ4n) is 4.49. The van der Waals surface area contributed by atoms with Crippen molar-refractivity contribution in [2.75, 3.05) is 42.3 Å². The second-order valence-corrected chi connectivity index (χ2v) is 10.7. The minimum absolute atomic E-state index is 0.111. The van der Waals surface area contributed by atoms with Gasteiger partial charge in [-0.05, 0) is 69.2 Å². The van der Waals surface area contributed by atoms with E-state index in [1.807, 2.05) is 70.2 Å². The maximum atomic E-state index is 13.8. The third-order valence-corrected chi connectivity index (χ3v) is 7.76. The lowest BCUT2D eigenvalue weighted by Crippen LogP contribution is -2.57. The SMILES string of the molecule is CCC(C)(C(=O)Nc1ccc(N2CCOCC2)cc1)N(Cc1cccnc1)C(=O)CSc1nc(C)cc(C)n1. The highest BCUT2D eigenvalue weighted by Gasteiger charge is 2.41. The summed E-state index contributed by atoms with van der Waals surface area (Å²) in [7, 11) is 0. The van der Waals surface area contributed by atoms with E-state index in [9.17, 15) is 9.59 Å². The molecule has 9 nitrogen and oxygen atoms in total. The molecule has 1 aromatic carbocycles. The number of morpholine rings is 1. The average Bonchev–Trinajstić information content (AvgIpc) is 2.95. The Labute approximate surface area is 234 Å². The van der Waals surface area contributed by atoms with E-state index >= 15 is 0 Å². The predicted octanol–water partition coefficient (Wildman–Crippen LogP) is 4.25. The number of thioether (sulfide) groups is 1. The van der Waals surface area contributed by atoms with Gasteiger partial charge in [0.2, 0.25) is 11.8 Å². The van der Waals surface area contributed by atoms with Crippen LogP contribution in [0.25, 0.3) is 0 Å². The molecule has 1 unspecified atom stereocenters. The molecule has 0 bridgehead atoms. The highest BCUT2D eigenvalue weighted by Crippen LogP contribution is 2.27. The van der Waals surface area contributed by atoms with Crippen LogP contribution in [-0.2, 0) is 20.9 Å². The van der Waals surface area contributed by atoms with Gasteiger partial charge in [0.15, 0.2) is 5.16 Å². The van der Waals surface area contributed by atoms with Gasteiger partial charge in [0.25, 0.3) is 0 Å². The Morgan fingerprint density at radius 3 is 2.41 bits per heavy atom. The van der Waals surface area contributed by atoms with Crippen molar-refractivity contribution in [1.29, 1.82) is 0 Å². The Balaban J connectivity index is 1.52. The molecule has 2 aromatic heterocycles. The van der Waals surface area contributed by atoms with Gasteiger partial charge < -0.3 is 19.9 Å². The maximum absolute atomic E-state index is 13.8. The van der Waals surface area contributed by atoms with E-state index < -0.39 is 5.54 Å². The van der Waals surface area contributed by atoms with Crippen molar-refractivity contribution < 1.29 is 14.3 Å². The van der Waals surface area contributed by atoms with E-state index in [0.29, 0.717) is 30.5 Å². The van der Waals surface area contributed by atoms with Crippen molar-refractivity contribution in [1.82, 2.24) is 19.9 Å². The molecule has 3 aromatic rings. The highest BCUT2D eigenvalue weighted by atomic mass is 32.2. The van der Waals surface area contributed by atoms with E-state index in [1.54, 1.807) is 17.3 Å². The highest BCUT2D eigenvalue weighted by molar-refractivity contribution is 7.99. The molecule has 3 heterocycles. The number of nitrogens with zero attached hydrogens (tertiary/aromatic N) is 5. The minimum Gasteiger partial charge on any atom is -0.378 e. The second-order valence-electron chi connectivity index (χ2n) is 9.79. The number of carbonyl (C=O) groups excluding carboxylic acids is 2. The number of benzene rings is 1. The van der Waals surface area contributed by atoms with Crippen LogP contribution in [0.1, 0.15) is 37.2 Å². The van der Waals surface area contributed by atoms with Gasteiger partial charge in [-0.3, -0.25) is 14.6 Å². The van der Waals surface area contributed by atoms with Crippen LogP contribution >= 0.6 is 11.8 Å². The lowest BCUT2D eigenvalue weighted by Gasteiger charge is -2.39. The average molecular weight is 549 g/mol. The van der Waals surface area contributed by atoms with Gasteiger partial charge in [-0.1, -0.05) is 24.8 Å². The summed E-state index contributed by atoms with van der Waals surface area (Å²) in [4.78, 5) is 44.5. The minimum atomic E-state index is -1.10. The van der Waals surface area contributed by atoms with Crippen LogP contribution in [0.4, 0.5) is 11.4 Å². The molecular formula is C29H36N6O3S. The Morgan fingerprint density at radius 2 is 1.79 bits per heavy atom. The molecule has 2 amide bonds. The summed E-state index contributed by atoms with van der Waals surface area (Å²) in [6.07, 6.45) is 3.84. The molecule has 0 aliphatic carbocycles. The third-order valence-electron chi connectivity index (χ3n) is 6.93. The largest absolute Gasteiger partial charge is 0.378 e. The molecule has 206 valence electrons. The molecule has 1 saturated heterocycles. The van der Waals surface area contributed by atoms with Crippen molar-refractivity contribution in [3.8, 4) is 0 Å². The lowest BCUT2D eigenvalue weighted by molar-refractivity contribution is -0.143. The standard InChI is InChI=1S/C29H36N6O3S/c1-5-29(4,27(37)33-24-8-10-25(11-9-24)34-13-15-38-16-14-34)35(19-23-7-6-12-30-18-23)26(36)20-39-28-31-21(2)17-22(3)32-28/h6-12,17-18H,5,13-16,19-20H2,1-4H3,(H,33,37). The molecule has 0 radical (unpaired) electrons. The first-order chi connectivity index (χ1) is 18.8. The number of pyridine rings is 1. The first kappa shape index (κ1) is 28.5.